The van der Waals surface area contributed by atoms with Gasteiger partial charge in [-0.3, -0.25) is 0 Å². The van der Waals surface area contributed by atoms with Crippen LogP contribution in [0.5, 0.6) is 0 Å². The molecule has 0 amide bonds. The van der Waals surface area contributed by atoms with E-state index in [2.05, 4.69) is 0 Å². The van der Waals surface area contributed by atoms with E-state index in [9.17, 15) is 14.7 Å². The Hall–Kier alpha value is -1.14. The highest BCUT2D eigenvalue weighted by atomic mass is 16.7. The van der Waals surface area contributed by atoms with Crippen molar-refractivity contribution in [3.05, 3.63) is 0 Å². The van der Waals surface area contributed by atoms with E-state index in [0.29, 0.717) is 6.42 Å². The number of carbonyl (C=O) groups is 2. The summed E-state index contributed by atoms with van der Waals surface area (Å²) < 4.78 is 14.8. The third kappa shape index (κ3) is 3.43. The highest BCUT2D eigenvalue weighted by Crippen LogP contribution is 2.32. The first kappa shape index (κ1) is 14.9. The molecule has 3 atom stereocenters. The molecule has 0 aromatic carbocycles. The van der Waals surface area contributed by atoms with Gasteiger partial charge in [0.1, 0.15) is 0 Å². The number of hydrogen-bond acceptors (Lipinski definition) is 6. The quantitative estimate of drug-likeness (QED) is 0.746. The van der Waals surface area contributed by atoms with Crippen LogP contribution in [-0.2, 0) is 23.8 Å². The van der Waals surface area contributed by atoms with E-state index in [0.717, 1.165) is 0 Å². The number of hydrogen-bond donors (Lipinski definition) is 1. The highest BCUT2D eigenvalue weighted by molar-refractivity contribution is 5.80. The maximum atomic E-state index is 11.6. The Morgan fingerprint density at radius 3 is 2.50 bits per heavy atom. The minimum absolute atomic E-state index is 0.0393. The Morgan fingerprint density at radius 1 is 1.33 bits per heavy atom. The molecule has 6 nitrogen and oxygen atoms in total. The van der Waals surface area contributed by atoms with Crippen LogP contribution in [0.3, 0.4) is 0 Å². The van der Waals surface area contributed by atoms with Crippen molar-refractivity contribution in [2.45, 2.75) is 45.5 Å². The van der Waals surface area contributed by atoms with Crippen LogP contribution in [0.4, 0.5) is 0 Å². The molecule has 0 bridgehead atoms. The smallest absolute Gasteiger partial charge is 0.366 e. The zero-order chi connectivity index (χ0) is 13.8. The van der Waals surface area contributed by atoms with Crippen molar-refractivity contribution < 1.29 is 28.9 Å². The summed E-state index contributed by atoms with van der Waals surface area (Å²) in [4.78, 5) is 23.2. The average Bonchev–Trinajstić information content (AvgIpc) is 2.28. The molecule has 1 N–H and O–H groups in total. The zero-order valence-corrected chi connectivity index (χ0v) is 11.0. The van der Waals surface area contributed by atoms with Gasteiger partial charge < -0.3 is 19.3 Å². The lowest BCUT2D eigenvalue weighted by Crippen LogP contribution is -2.52. The topological polar surface area (TPSA) is 82.1 Å². The van der Waals surface area contributed by atoms with Gasteiger partial charge in [-0.15, -0.1) is 0 Å². The first-order valence-corrected chi connectivity index (χ1v) is 6.17. The SMILES string of the molecule is CCOC(=O)C1CC(C)CC(O)(C(=O)OCC)O1. The van der Waals surface area contributed by atoms with Crippen LogP contribution < -0.4 is 0 Å². The van der Waals surface area contributed by atoms with E-state index in [1.807, 2.05) is 6.92 Å². The Balaban J connectivity index is 2.76. The molecule has 0 saturated carbocycles. The molecule has 1 aliphatic heterocycles. The molecular formula is C12H20O6. The Morgan fingerprint density at radius 2 is 1.94 bits per heavy atom. The summed E-state index contributed by atoms with van der Waals surface area (Å²) in [5.74, 6) is -3.51. The van der Waals surface area contributed by atoms with Gasteiger partial charge in [-0.2, -0.15) is 0 Å². The average molecular weight is 260 g/mol. The number of rotatable bonds is 4. The number of esters is 2. The van der Waals surface area contributed by atoms with E-state index < -0.39 is 23.8 Å². The molecular weight excluding hydrogens is 240 g/mol. The third-order valence-corrected chi connectivity index (χ3v) is 2.72. The Bertz CT molecular complexity index is 316. The second kappa shape index (κ2) is 6.15. The number of ether oxygens (including phenoxy) is 3. The molecule has 1 aliphatic rings. The van der Waals surface area contributed by atoms with Crippen LogP contribution in [0, 0.1) is 5.92 Å². The van der Waals surface area contributed by atoms with Crippen molar-refractivity contribution >= 4 is 11.9 Å². The second-order valence-corrected chi connectivity index (χ2v) is 4.41. The van der Waals surface area contributed by atoms with Crippen LogP contribution >= 0.6 is 0 Å². The fourth-order valence-electron chi connectivity index (χ4n) is 2.01. The lowest BCUT2D eigenvalue weighted by atomic mass is 9.91. The van der Waals surface area contributed by atoms with E-state index in [4.69, 9.17) is 14.2 Å². The maximum Gasteiger partial charge on any atom is 0.366 e. The molecule has 1 saturated heterocycles. The maximum absolute atomic E-state index is 11.6. The summed E-state index contributed by atoms with van der Waals surface area (Å²) in [5.41, 5.74) is 0. The van der Waals surface area contributed by atoms with E-state index in [-0.39, 0.29) is 25.6 Å². The van der Waals surface area contributed by atoms with Gasteiger partial charge in [0.2, 0.25) is 0 Å². The minimum atomic E-state index is -2.05. The van der Waals surface area contributed by atoms with Gasteiger partial charge >= 0.3 is 11.9 Å². The molecule has 1 rings (SSSR count). The minimum Gasteiger partial charge on any atom is -0.464 e. The van der Waals surface area contributed by atoms with Crippen molar-refractivity contribution in [3.8, 4) is 0 Å². The van der Waals surface area contributed by atoms with Gasteiger partial charge in [-0.1, -0.05) is 6.92 Å². The Kier molecular flexibility index (Phi) is 5.10. The van der Waals surface area contributed by atoms with Gasteiger partial charge in [0.05, 0.1) is 13.2 Å². The molecule has 104 valence electrons. The van der Waals surface area contributed by atoms with Gasteiger partial charge in [-0.25, -0.2) is 9.59 Å². The molecule has 3 unspecified atom stereocenters. The summed E-state index contributed by atoms with van der Waals surface area (Å²) in [7, 11) is 0. The monoisotopic (exact) mass is 260 g/mol. The third-order valence-electron chi connectivity index (χ3n) is 2.72. The van der Waals surface area contributed by atoms with Crippen LogP contribution in [0.25, 0.3) is 0 Å². The van der Waals surface area contributed by atoms with E-state index >= 15 is 0 Å². The van der Waals surface area contributed by atoms with Crippen LogP contribution in [0.2, 0.25) is 0 Å². The first-order valence-electron chi connectivity index (χ1n) is 6.17. The predicted molar refractivity (Wildman–Crippen MR) is 61.5 cm³/mol. The van der Waals surface area contributed by atoms with Crippen molar-refractivity contribution in [3.63, 3.8) is 0 Å². The van der Waals surface area contributed by atoms with Crippen molar-refractivity contribution in [1.29, 1.82) is 0 Å². The van der Waals surface area contributed by atoms with E-state index in [1.165, 1.54) is 0 Å². The van der Waals surface area contributed by atoms with Gasteiger partial charge in [0.25, 0.3) is 5.79 Å². The molecule has 0 aromatic rings. The van der Waals surface area contributed by atoms with Crippen LogP contribution in [-0.4, -0.2) is 42.1 Å². The number of aliphatic hydroxyl groups is 1. The largest absolute Gasteiger partial charge is 0.464 e. The summed E-state index contributed by atoms with van der Waals surface area (Å²) in [6, 6.07) is 0. The number of carbonyl (C=O) groups excluding carboxylic acids is 2. The van der Waals surface area contributed by atoms with Crippen LogP contribution in [0.1, 0.15) is 33.6 Å². The normalized spacial score (nSPS) is 31.8. The van der Waals surface area contributed by atoms with Crippen molar-refractivity contribution in [2.75, 3.05) is 13.2 Å². The fourth-order valence-corrected chi connectivity index (χ4v) is 2.01. The molecule has 0 aromatic heterocycles. The van der Waals surface area contributed by atoms with Gasteiger partial charge in [0.15, 0.2) is 6.10 Å². The first-order chi connectivity index (χ1) is 8.42. The second-order valence-electron chi connectivity index (χ2n) is 4.41. The molecule has 0 aliphatic carbocycles. The zero-order valence-electron chi connectivity index (χ0n) is 11.0. The molecule has 0 radical (unpaired) electrons. The lowest BCUT2D eigenvalue weighted by molar-refractivity contribution is -0.267. The summed E-state index contributed by atoms with van der Waals surface area (Å²) in [6.45, 7) is 5.52. The molecule has 6 heteroatoms. The fraction of sp³-hybridized carbons (Fsp3) is 0.833. The molecule has 1 fully saturated rings. The summed E-state index contributed by atoms with van der Waals surface area (Å²) in [6.07, 6.45) is -0.398. The lowest BCUT2D eigenvalue weighted by Gasteiger charge is -2.37. The molecule has 18 heavy (non-hydrogen) atoms. The van der Waals surface area contributed by atoms with Crippen molar-refractivity contribution in [2.24, 2.45) is 5.92 Å². The van der Waals surface area contributed by atoms with Crippen molar-refractivity contribution in [1.82, 2.24) is 0 Å². The molecule has 0 spiro atoms. The van der Waals surface area contributed by atoms with E-state index in [1.54, 1.807) is 13.8 Å². The van der Waals surface area contributed by atoms with Gasteiger partial charge in [-0.05, 0) is 26.2 Å². The predicted octanol–water partition coefficient (Wildman–Crippen LogP) is 0.616. The van der Waals surface area contributed by atoms with Gasteiger partial charge in [0, 0.05) is 6.42 Å². The summed E-state index contributed by atoms with van der Waals surface area (Å²) in [5, 5.41) is 10.1. The standard InChI is InChI=1S/C12H20O6/c1-4-16-10(13)9-6-8(3)7-12(15,18-9)11(14)17-5-2/h8-9,15H,4-7H2,1-3H3. The highest BCUT2D eigenvalue weighted by Gasteiger charge is 2.48. The summed E-state index contributed by atoms with van der Waals surface area (Å²) >= 11 is 0. The Labute approximate surface area is 106 Å². The molecule has 1 heterocycles. The van der Waals surface area contributed by atoms with Crippen LogP contribution in [0.15, 0.2) is 0 Å².